The molecule has 0 radical (unpaired) electrons. The van der Waals surface area contributed by atoms with Crippen molar-refractivity contribution >= 4 is 5.91 Å². The van der Waals surface area contributed by atoms with Crippen LogP contribution in [-0.2, 0) is 16.1 Å². The van der Waals surface area contributed by atoms with Gasteiger partial charge in [-0.15, -0.1) is 0 Å². The van der Waals surface area contributed by atoms with Gasteiger partial charge in [-0.25, -0.2) is 0 Å². The lowest BCUT2D eigenvalue weighted by molar-refractivity contribution is -0.166. The fourth-order valence-corrected chi connectivity index (χ4v) is 1.37. The van der Waals surface area contributed by atoms with E-state index in [9.17, 15) is 18.0 Å². The monoisotopic (exact) mass is 279 g/mol. The zero-order valence-electron chi connectivity index (χ0n) is 10.7. The molecule has 0 fully saturated rings. The number of rotatable bonds is 6. The standard InChI is InChI=1S/C12H16F3NO3/c1-9(2)19-7-11(17)16(8-12(13,14)15)6-10-4-3-5-18-10/h3-5,9H,6-8H2,1-2H3. The molecular weight excluding hydrogens is 263 g/mol. The molecule has 1 aromatic heterocycles. The Labute approximate surface area is 109 Å². The molecule has 0 aliphatic rings. The lowest BCUT2D eigenvalue weighted by Gasteiger charge is -2.23. The van der Waals surface area contributed by atoms with Crippen molar-refractivity contribution in [2.45, 2.75) is 32.7 Å². The second-order valence-corrected chi connectivity index (χ2v) is 4.30. The summed E-state index contributed by atoms with van der Waals surface area (Å²) in [5.74, 6) is -0.426. The van der Waals surface area contributed by atoms with Gasteiger partial charge in [0.1, 0.15) is 18.9 Å². The number of halogens is 3. The van der Waals surface area contributed by atoms with Crippen molar-refractivity contribution in [1.29, 1.82) is 0 Å². The molecule has 4 nitrogen and oxygen atoms in total. The van der Waals surface area contributed by atoms with E-state index in [-0.39, 0.29) is 19.3 Å². The Bertz CT molecular complexity index is 387. The maximum Gasteiger partial charge on any atom is 0.406 e. The molecule has 0 aliphatic heterocycles. The molecule has 0 aromatic carbocycles. The van der Waals surface area contributed by atoms with Crippen molar-refractivity contribution in [1.82, 2.24) is 4.90 Å². The lowest BCUT2D eigenvalue weighted by Crippen LogP contribution is -2.40. The molecule has 0 unspecified atom stereocenters. The van der Waals surface area contributed by atoms with E-state index in [2.05, 4.69) is 0 Å². The van der Waals surface area contributed by atoms with Gasteiger partial charge in [0.15, 0.2) is 0 Å². The van der Waals surface area contributed by atoms with Gasteiger partial charge in [-0.1, -0.05) is 0 Å². The van der Waals surface area contributed by atoms with E-state index in [0.717, 1.165) is 0 Å². The number of ether oxygens (including phenoxy) is 1. The zero-order valence-corrected chi connectivity index (χ0v) is 10.7. The third-order valence-corrected chi connectivity index (χ3v) is 2.19. The maximum atomic E-state index is 12.4. The summed E-state index contributed by atoms with van der Waals surface area (Å²) in [7, 11) is 0. The average Bonchev–Trinajstić information content (AvgIpc) is 2.75. The Morgan fingerprint density at radius 2 is 2.16 bits per heavy atom. The summed E-state index contributed by atoms with van der Waals surface area (Å²) in [6.07, 6.45) is -3.34. The summed E-state index contributed by atoms with van der Waals surface area (Å²) in [5.41, 5.74) is 0. The highest BCUT2D eigenvalue weighted by molar-refractivity contribution is 5.77. The van der Waals surface area contributed by atoms with Gasteiger partial charge in [0.05, 0.1) is 18.9 Å². The molecule has 0 aliphatic carbocycles. The molecule has 0 spiro atoms. The highest BCUT2D eigenvalue weighted by Gasteiger charge is 2.33. The van der Waals surface area contributed by atoms with Gasteiger partial charge >= 0.3 is 6.18 Å². The first-order valence-corrected chi connectivity index (χ1v) is 5.76. The zero-order chi connectivity index (χ0) is 14.5. The van der Waals surface area contributed by atoms with Crippen molar-refractivity contribution in [2.24, 2.45) is 0 Å². The number of hydrogen-bond donors (Lipinski definition) is 0. The molecule has 0 saturated carbocycles. The molecule has 1 heterocycles. The minimum Gasteiger partial charge on any atom is -0.467 e. The van der Waals surface area contributed by atoms with E-state index in [1.54, 1.807) is 19.9 Å². The van der Waals surface area contributed by atoms with Crippen LogP contribution in [0.15, 0.2) is 22.8 Å². The Balaban J connectivity index is 2.65. The van der Waals surface area contributed by atoms with E-state index in [1.165, 1.54) is 12.3 Å². The molecule has 0 N–H and O–H groups in total. The van der Waals surface area contributed by atoms with Crippen LogP contribution in [0.5, 0.6) is 0 Å². The van der Waals surface area contributed by atoms with Crippen LogP contribution in [0.3, 0.4) is 0 Å². The molecule has 108 valence electrons. The Morgan fingerprint density at radius 1 is 1.47 bits per heavy atom. The summed E-state index contributed by atoms with van der Waals surface area (Å²) in [6.45, 7) is 1.47. The van der Waals surface area contributed by atoms with E-state index in [4.69, 9.17) is 9.15 Å². The fourth-order valence-electron chi connectivity index (χ4n) is 1.37. The number of hydrogen-bond acceptors (Lipinski definition) is 3. The first-order valence-electron chi connectivity index (χ1n) is 5.76. The predicted octanol–water partition coefficient (Wildman–Crippen LogP) is 2.60. The minimum atomic E-state index is -4.46. The van der Waals surface area contributed by atoms with Gasteiger partial charge in [-0.2, -0.15) is 13.2 Å². The SMILES string of the molecule is CC(C)OCC(=O)N(Cc1ccco1)CC(F)(F)F. The smallest absolute Gasteiger partial charge is 0.406 e. The Kier molecular flexibility index (Phi) is 5.41. The third-order valence-electron chi connectivity index (χ3n) is 2.19. The van der Waals surface area contributed by atoms with Gasteiger partial charge in [-0.05, 0) is 26.0 Å². The Morgan fingerprint density at radius 3 is 2.63 bits per heavy atom. The first-order chi connectivity index (χ1) is 8.78. The van der Waals surface area contributed by atoms with E-state index >= 15 is 0 Å². The van der Waals surface area contributed by atoms with Crippen LogP contribution in [0, 0.1) is 0 Å². The number of carbonyl (C=O) groups is 1. The van der Waals surface area contributed by atoms with Crippen LogP contribution >= 0.6 is 0 Å². The summed E-state index contributed by atoms with van der Waals surface area (Å²) in [5, 5.41) is 0. The van der Waals surface area contributed by atoms with Crippen molar-refractivity contribution in [3.05, 3.63) is 24.2 Å². The summed E-state index contributed by atoms with van der Waals surface area (Å²) >= 11 is 0. The van der Waals surface area contributed by atoms with Crippen LogP contribution in [-0.4, -0.2) is 36.2 Å². The van der Waals surface area contributed by atoms with Crippen LogP contribution < -0.4 is 0 Å². The maximum absolute atomic E-state index is 12.4. The van der Waals surface area contributed by atoms with Crippen molar-refractivity contribution < 1.29 is 27.1 Å². The topological polar surface area (TPSA) is 42.7 Å². The molecule has 0 bridgehead atoms. The fraction of sp³-hybridized carbons (Fsp3) is 0.583. The number of nitrogens with zero attached hydrogens (tertiary/aromatic N) is 1. The van der Waals surface area contributed by atoms with Crippen LogP contribution in [0.1, 0.15) is 19.6 Å². The van der Waals surface area contributed by atoms with Gasteiger partial charge in [0, 0.05) is 0 Å². The molecule has 0 atom stereocenters. The van der Waals surface area contributed by atoms with Crippen molar-refractivity contribution in [3.63, 3.8) is 0 Å². The molecule has 7 heteroatoms. The van der Waals surface area contributed by atoms with Gasteiger partial charge < -0.3 is 14.1 Å². The molecule has 0 saturated heterocycles. The van der Waals surface area contributed by atoms with Crippen molar-refractivity contribution in [2.75, 3.05) is 13.2 Å². The summed E-state index contributed by atoms with van der Waals surface area (Å²) in [4.78, 5) is 12.4. The summed E-state index contributed by atoms with van der Waals surface area (Å²) in [6, 6.07) is 3.07. The van der Waals surface area contributed by atoms with Gasteiger partial charge in [-0.3, -0.25) is 4.79 Å². The van der Waals surface area contributed by atoms with Crippen LogP contribution in [0.2, 0.25) is 0 Å². The molecule has 1 rings (SSSR count). The second-order valence-electron chi connectivity index (χ2n) is 4.30. The lowest BCUT2D eigenvalue weighted by atomic mass is 10.3. The average molecular weight is 279 g/mol. The van der Waals surface area contributed by atoms with Gasteiger partial charge in [0.25, 0.3) is 0 Å². The highest BCUT2D eigenvalue weighted by atomic mass is 19.4. The highest BCUT2D eigenvalue weighted by Crippen LogP contribution is 2.18. The first kappa shape index (κ1) is 15.6. The second kappa shape index (κ2) is 6.60. The molecule has 1 amide bonds. The normalized spacial score (nSPS) is 11.9. The van der Waals surface area contributed by atoms with E-state index in [0.29, 0.717) is 10.7 Å². The van der Waals surface area contributed by atoms with E-state index < -0.39 is 18.6 Å². The molecular formula is C12H16F3NO3. The quantitative estimate of drug-likeness (QED) is 0.804. The minimum absolute atomic E-state index is 0.222. The van der Waals surface area contributed by atoms with Crippen LogP contribution in [0.4, 0.5) is 13.2 Å². The number of alkyl halides is 3. The van der Waals surface area contributed by atoms with Gasteiger partial charge in [0.2, 0.25) is 5.91 Å². The Hall–Kier alpha value is -1.50. The summed E-state index contributed by atoms with van der Waals surface area (Å²) < 4.78 is 47.3. The predicted molar refractivity (Wildman–Crippen MR) is 61.3 cm³/mol. The number of carbonyl (C=O) groups excluding carboxylic acids is 1. The van der Waals surface area contributed by atoms with Crippen LogP contribution in [0.25, 0.3) is 0 Å². The van der Waals surface area contributed by atoms with Crippen molar-refractivity contribution in [3.8, 4) is 0 Å². The number of amides is 1. The molecule has 1 aromatic rings. The largest absolute Gasteiger partial charge is 0.467 e. The number of furan rings is 1. The van der Waals surface area contributed by atoms with E-state index in [1.807, 2.05) is 0 Å². The third kappa shape index (κ3) is 6.28. The molecule has 19 heavy (non-hydrogen) atoms.